The molecular weight excluding hydrogens is 218 g/mol. The van der Waals surface area contributed by atoms with Crippen LogP contribution in [0.1, 0.15) is 24.2 Å². The lowest BCUT2D eigenvalue weighted by molar-refractivity contribution is -0.143. The largest absolute Gasteiger partial charge is 0.468 e. The number of methoxy groups -OCH3 is 1. The lowest BCUT2D eigenvalue weighted by Crippen LogP contribution is -2.24. The Morgan fingerprint density at radius 2 is 2.24 bits per heavy atom. The van der Waals surface area contributed by atoms with Crippen molar-refractivity contribution < 1.29 is 9.53 Å². The monoisotopic (exact) mass is 231 g/mol. The standard InChI is InChI=1S/C12H13N3O2/c1-8-3-6-15-9(7-8)13-14-10(15)12(4-5-12)11(16)17-2/h3,6-7H,4-5H2,1-2H3. The van der Waals surface area contributed by atoms with Crippen LogP contribution in [0.4, 0.5) is 0 Å². The van der Waals surface area contributed by atoms with Crippen molar-refractivity contribution in [2.45, 2.75) is 25.2 Å². The van der Waals surface area contributed by atoms with Crippen LogP contribution in [0.2, 0.25) is 0 Å². The molecule has 0 N–H and O–H groups in total. The molecule has 2 aromatic heterocycles. The highest BCUT2D eigenvalue weighted by Gasteiger charge is 2.56. The zero-order valence-electron chi connectivity index (χ0n) is 9.80. The quantitative estimate of drug-likeness (QED) is 0.730. The van der Waals surface area contributed by atoms with Crippen LogP contribution in [-0.2, 0) is 14.9 Å². The highest BCUT2D eigenvalue weighted by molar-refractivity contribution is 5.85. The van der Waals surface area contributed by atoms with E-state index in [0.717, 1.165) is 24.1 Å². The average Bonchev–Trinajstić information content (AvgIpc) is 3.03. The maximum Gasteiger partial charge on any atom is 0.319 e. The topological polar surface area (TPSA) is 56.5 Å². The summed E-state index contributed by atoms with van der Waals surface area (Å²) >= 11 is 0. The van der Waals surface area contributed by atoms with Crippen molar-refractivity contribution in [1.82, 2.24) is 14.6 Å². The molecule has 2 aromatic rings. The van der Waals surface area contributed by atoms with Crippen LogP contribution in [0.3, 0.4) is 0 Å². The minimum absolute atomic E-state index is 0.215. The smallest absolute Gasteiger partial charge is 0.319 e. The number of ether oxygens (including phenoxy) is 1. The van der Waals surface area contributed by atoms with Gasteiger partial charge in [-0.25, -0.2) is 0 Å². The molecule has 0 aliphatic heterocycles. The Hall–Kier alpha value is -1.91. The molecule has 0 radical (unpaired) electrons. The summed E-state index contributed by atoms with van der Waals surface area (Å²) in [5.74, 6) is 0.478. The van der Waals surface area contributed by atoms with Gasteiger partial charge in [0.05, 0.1) is 7.11 Å². The van der Waals surface area contributed by atoms with E-state index < -0.39 is 5.41 Å². The maximum atomic E-state index is 11.8. The molecule has 5 heteroatoms. The molecule has 17 heavy (non-hydrogen) atoms. The van der Waals surface area contributed by atoms with Gasteiger partial charge in [-0.15, -0.1) is 10.2 Å². The third-order valence-electron chi connectivity index (χ3n) is 3.32. The summed E-state index contributed by atoms with van der Waals surface area (Å²) in [6.45, 7) is 2.00. The second kappa shape index (κ2) is 3.29. The Morgan fingerprint density at radius 3 is 2.88 bits per heavy atom. The highest BCUT2D eigenvalue weighted by Crippen LogP contribution is 2.48. The van der Waals surface area contributed by atoms with E-state index in [0.29, 0.717) is 5.82 Å². The lowest BCUT2D eigenvalue weighted by atomic mass is 10.1. The molecule has 1 aliphatic rings. The van der Waals surface area contributed by atoms with E-state index in [-0.39, 0.29) is 5.97 Å². The lowest BCUT2D eigenvalue weighted by Gasteiger charge is -2.10. The zero-order chi connectivity index (χ0) is 12.0. The van der Waals surface area contributed by atoms with Gasteiger partial charge in [0.2, 0.25) is 0 Å². The Morgan fingerprint density at radius 1 is 1.47 bits per heavy atom. The molecule has 88 valence electrons. The number of esters is 1. The fourth-order valence-corrected chi connectivity index (χ4v) is 2.16. The van der Waals surface area contributed by atoms with Crippen LogP contribution in [0.5, 0.6) is 0 Å². The number of fused-ring (bicyclic) bond motifs is 1. The summed E-state index contributed by atoms with van der Waals surface area (Å²) in [4.78, 5) is 11.8. The van der Waals surface area contributed by atoms with E-state index in [4.69, 9.17) is 4.74 Å². The number of pyridine rings is 1. The van der Waals surface area contributed by atoms with Crippen molar-refractivity contribution in [2.75, 3.05) is 7.11 Å². The van der Waals surface area contributed by atoms with Crippen LogP contribution in [0.15, 0.2) is 18.3 Å². The van der Waals surface area contributed by atoms with Gasteiger partial charge in [0.15, 0.2) is 11.5 Å². The molecule has 0 atom stereocenters. The Kier molecular flexibility index (Phi) is 1.98. The van der Waals surface area contributed by atoms with E-state index in [1.54, 1.807) is 0 Å². The predicted molar refractivity (Wildman–Crippen MR) is 60.7 cm³/mol. The zero-order valence-corrected chi connectivity index (χ0v) is 9.80. The molecule has 0 saturated heterocycles. The molecule has 0 amide bonds. The van der Waals surface area contributed by atoms with Gasteiger partial charge in [0, 0.05) is 6.20 Å². The fraction of sp³-hybridized carbons (Fsp3) is 0.417. The summed E-state index contributed by atoms with van der Waals surface area (Å²) in [5, 5.41) is 8.26. The number of aryl methyl sites for hydroxylation is 1. The van der Waals surface area contributed by atoms with E-state index in [2.05, 4.69) is 10.2 Å². The Bertz CT molecular complexity index is 599. The van der Waals surface area contributed by atoms with E-state index in [9.17, 15) is 4.79 Å². The molecule has 5 nitrogen and oxygen atoms in total. The molecular formula is C12H13N3O2. The normalized spacial score (nSPS) is 17.1. The summed E-state index contributed by atoms with van der Waals surface area (Å²) in [6, 6.07) is 3.93. The van der Waals surface area contributed by atoms with Crippen molar-refractivity contribution in [1.29, 1.82) is 0 Å². The van der Waals surface area contributed by atoms with Crippen molar-refractivity contribution in [2.24, 2.45) is 0 Å². The summed E-state index contributed by atoms with van der Waals surface area (Å²) in [6.07, 6.45) is 3.48. The number of carbonyl (C=O) groups is 1. The fourth-order valence-electron chi connectivity index (χ4n) is 2.16. The Labute approximate surface area is 98.4 Å². The van der Waals surface area contributed by atoms with Crippen LogP contribution in [-0.4, -0.2) is 27.7 Å². The van der Waals surface area contributed by atoms with Crippen molar-refractivity contribution in [3.8, 4) is 0 Å². The third kappa shape index (κ3) is 1.35. The number of hydrogen-bond acceptors (Lipinski definition) is 4. The van der Waals surface area contributed by atoms with Crippen LogP contribution in [0.25, 0.3) is 5.65 Å². The molecule has 1 fully saturated rings. The average molecular weight is 231 g/mol. The highest BCUT2D eigenvalue weighted by atomic mass is 16.5. The van der Waals surface area contributed by atoms with Gasteiger partial charge >= 0.3 is 5.97 Å². The van der Waals surface area contributed by atoms with Gasteiger partial charge in [-0.2, -0.15) is 0 Å². The number of aromatic nitrogens is 3. The molecule has 1 aliphatic carbocycles. The molecule has 0 spiro atoms. The second-order valence-corrected chi connectivity index (χ2v) is 4.53. The van der Waals surface area contributed by atoms with Gasteiger partial charge in [-0.3, -0.25) is 9.20 Å². The number of carbonyl (C=O) groups excluding carboxylic acids is 1. The summed E-state index contributed by atoms with van der Waals surface area (Å²) < 4.78 is 6.73. The van der Waals surface area contributed by atoms with E-state index in [1.165, 1.54) is 7.11 Å². The molecule has 2 heterocycles. The third-order valence-corrected chi connectivity index (χ3v) is 3.32. The van der Waals surface area contributed by atoms with Gasteiger partial charge < -0.3 is 4.74 Å². The number of hydrogen-bond donors (Lipinski definition) is 0. The van der Waals surface area contributed by atoms with Crippen molar-refractivity contribution in [3.05, 3.63) is 29.7 Å². The molecule has 3 rings (SSSR count). The SMILES string of the molecule is COC(=O)C1(c2nnc3cc(C)ccn23)CC1. The van der Waals surface area contributed by atoms with E-state index in [1.807, 2.05) is 29.7 Å². The van der Waals surface area contributed by atoms with Crippen LogP contribution in [0, 0.1) is 6.92 Å². The first kappa shape index (κ1) is 10.3. The van der Waals surface area contributed by atoms with E-state index >= 15 is 0 Å². The van der Waals surface area contributed by atoms with Crippen molar-refractivity contribution in [3.63, 3.8) is 0 Å². The molecule has 0 aromatic carbocycles. The maximum absolute atomic E-state index is 11.8. The second-order valence-electron chi connectivity index (χ2n) is 4.53. The van der Waals surface area contributed by atoms with Crippen LogP contribution >= 0.6 is 0 Å². The van der Waals surface area contributed by atoms with Crippen LogP contribution < -0.4 is 0 Å². The first-order chi connectivity index (χ1) is 8.17. The number of rotatable bonds is 2. The van der Waals surface area contributed by atoms with Gasteiger partial charge in [-0.1, -0.05) is 0 Å². The first-order valence-electron chi connectivity index (χ1n) is 5.58. The Balaban J connectivity index is 2.16. The van der Waals surface area contributed by atoms with Gasteiger partial charge in [0.25, 0.3) is 0 Å². The number of nitrogens with zero attached hydrogens (tertiary/aromatic N) is 3. The molecule has 0 bridgehead atoms. The molecule has 0 unspecified atom stereocenters. The molecule has 1 saturated carbocycles. The minimum Gasteiger partial charge on any atom is -0.468 e. The van der Waals surface area contributed by atoms with Gasteiger partial charge in [-0.05, 0) is 37.5 Å². The predicted octanol–water partition coefficient (Wildman–Crippen LogP) is 1.24. The minimum atomic E-state index is -0.566. The first-order valence-corrected chi connectivity index (χ1v) is 5.58. The summed E-state index contributed by atoms with van der Waals surface area (Å²) in [7, 11) is 1.41. The van der Waals surface area contributed by atoms with Crippen molar-refractivity contribution >= 4 is 11.6 Å². The van der Waals surface area contributed by atoms with Gasteiger partial charge in [0.1, 0.15) is 5.41 Å². The summed E-state index contributed by atoms with van der Waals surface area (Å²) in [5.41, 5.74) is 1.33.